The molecule has 2 aliphatic rings. The molecule has 2 aliphatic heterocycles. The molecule has 0 bridgehead atoms. The van der Waals surface area contributed by atoms with E-state index in [4.69, 9.17) is 0 Å². The minimum Gasteiger partial charge on any atom is -0.356 e. The number of aromatic nitrogens is 1. The molecule has 1 aromatic carbocycles. The van der Waals surface area contributed by atoms with Crippen LogP contribution in [0.25, 0.3) is 0 Å². The predicted molar refractivity (Wildman–Crippen MR) is 126 cm³/mol. The minimum atomic E-state index is -3.61. The number of nitrogens with zero attached hydrogens (tertiary/aromatic N) is 2. The van der Waals surface area contributed by atoms with E-state index >= 15 is 0 Å². The molecule has 0 atom stereocenters. The first-order valence-electron chi connectivity index (χ1n) is 10.9. The highest BCUT2D eigenvalue weighted by molar-refractivity contribution is 7.99. The van der Waals surface area contributed by atoms with Gasteiger partial charge in [-0.25, -0.2) is 8.42 Å². The van der Waals surface area contributed by atoms with Gasteiger partial charge in [-0.2, -0.15) is 16.1 Å². The lowest BCUT2D eigenvalue weighted by atomic mass is 10.1. The summed E-state index contributed by atoms with van der Waals surface area (Å²) in [5, 5.41) is 2.75. The van der Waals surface area contributed by atoms with Crippen LogP contribution in [0.2, 0.25) is 0 Å². The molecule has 2 saturated heterocycles. The van der Waals surface area contributed by atoms with Gasteiger partial charge in [-0.1, -0.05) is 12.8 Å². The molecule has 0 saturated carbocycles. The number of rotatable bonds is 5. The Labute approximate surface area is 192 Å². The minimum absolute atomic E-state index is 0.0140. The van der Waals surface area contributed by atoms with Gasteiger partial charge in [0.2, 0.25) is 10.0 Å². The molecule has 4 rings (SSSR count). The molecule has 1 aromatic heterocycles. The molecular weight excluding hydrogens is 448 g/mol. The number of nitrogens with one attached hydrogen (secondary N) is 2. The first kappa shape index (κ1) is 22.9. The molecule has 0 spiro atoms. The number of benzene rings is 1. The summed E-state index contributed by atoms with van der Waals surface area (Å²) in [5.74, 6) is 1.12. The fourth-order valence-electron chi connectivity index (χ4n) is 3.94. The van der Waals surface area contributed by atoms with E-state index < -0.39 is 15.9 Å². The Balaban J connectivity index is 1.39. The van der Waals surface area contributed by atoms with Gasteiger partial charge in [-0.15, -0.1) is 0 Å². The Kier molecular flexibility index (Phi) is 7.22. The maximum atomic E-state index is 12.8. The average Bonchev–Trinajstić information content (AvgIpc) is 3.17. The van der Waals surface area contributed by atoms with Gasteiger partial charge in [0.25, 0.3) is 11.8 Å². The molecule has 2 aromatic rings. The van der Waals surface area contributed by atoms with Gasteiger partial charge in [0.1, 0.15) is 10.6 Å². The third-order valence-corrected chi connectivity index (χ3v) is 8.61. The van der Waals surface area contributed by atoms with Crippen LogP contribution in [-0.4, -0.2) is 72.1 Å². The third-order valence-electron chi connectivity index (χ3n) is 5.79. The number of carbonyl (C=O) groups excluding carboxylic acids is 2. The molecule has 0 unspecified atom stereocenters. The number of amides is 2. The second kappa shape index (κ2) is 10.1. The Morgan fingerprint density at radius 1 is 0.938 bits per heavy atom. The van der Waals surface area contributed by atoms with Crippen molar-refractivity contribution in [3.63, 3.8) is 0 Å². The van der Waals surface area contributed by atoms with E-state index in [9.17, 15) is 18.0 Å². The maximum absolute atomic E-state index is 12.8. The van der Waals surface area contributed by atoms with Crippen molar-refractivity contribution in [1.82, 2.24) is 14.2 Å². The number of anilines is 1. The molecule has 8 nitrogen and oxygen atoms in total. The number of aromatic amines is 1. The van der Waals surface area contributed by atoms with E-state index in [0.717, 1.165) is 50.3 Å². The first-order valence-corrected chi connectivity index (χ1v) is 13.5. The molecule has 0 aliphatic carbocycles. The lowest BCUT2D eigenvalue weighted by Gasteiger charge is -2.24. The summed E-state index contributed by atoms with van der Waals surface area (Å²) in [6.45, 7) is 2.52. The highest BCUT2D eigenvalue weighted by Gasteiger charge is 2.28. The van der Waals surface area contributed by atoms with Crippen LogP contribution in [-0.2, 0) is 10.0 Å². The number of carbonyl (C=O) groups is 2. The molecule has 2 N–H and O–H groups in total. The van der Waals surface area contributed by atoms with Gasteiger partial charge in [0.05, 0.1) is 0 Å². The topological polar surface area (TPSA) is 103 Å². The molecule has 32 heavy (non-hydrogen) atoms. The highest BCUT2D eigenvalue weighted by Crippen LogP contribution is 2.22. The van der Waals surface area contributed by atoms with E-state index in [1.165, 1.54) is 16.6 Å². The van der Waals surface area contributed by atoms with Gasteiger partial charge in [0.15, 0.2) is 0 Å². The zero-order valence-electron chi connectivity index (χ0n) is 17.9. The van der Waals surface area contributed by atoms with Crippen molar-refractivity contribution < 1.29 is 18.0 Å². The van der Waals surface area contributed by atoms with E-state index in [2.05, 4.69) is 10.3 Å². The van der Waals surface area contributed by atoms with Crippen LogP contribution in [0.1, 0.15) is 46.5 Å². The standard InChI is InChI=1S/C22H28N4O4S2/c27-21(20-15-19(16-23-20)32(29,30)26-11-13-31-14-12-26)24-18-7-5-17(6-8-18)22(28)25-9-3-1-2-4-10-25/h5-8,15-16,23H,1-4,9-14H2,(H,24,27). The highest BCUT2D eigenvalue weighted by atomic mass is 32.2. The molecule has 10 heteroatoms. The fraction of sp³-hybridized carbons (Fsp3) is 0.455. The van der Waals surface area contributed by atoms with Crippen LogP contribution in [0.5, 0.6) is 0 Å². The Morgan fingerprint density at radius 3 is 2.25 bits per heavy atom. The van der Waals surface area contributed by atoms with Crippen LogP contribution in [0.15, 0.2) is 41.4 Å². The molecule has 0 radical (unpaired) electrons. The second-order valence-corrected chi connectivity index (χ2v) is 11.2. The Hall–Kier alpha value is -2.30. The van der Waals surface area contributed by atoms with Gasteiger partial charge in [-0.3, -0.25) is 9.59 Å². The molecule has 2 amide bonds. The van der Waals surface area contributed by atoms with Crippen LogP contribution >= 0.6 is 11.8 Å². The smallest absolute Gasteiger partial charge is 0.272 e. The van der Waals surface area contributed by atoms with Crippen molar-refractivity contribution >= 4 is 39.3 Å². The average molecular weight is 477 g/mol. The van der Waals surface area contributed by atoms with Crippen LogP contribution < -0.4 is 5.32 Å². The monoisotopic (exact) mass is 476 g/mol. The summed E-state index contributed by atoms with van der Waals surface area (Å²) < 4.78 is 27.0. The van der Waals surface area contributed by atoms with Crippen molar-refractivity contribution in [1.29, 1.82) is 0 Å². The number of likely N-dealkylation sites (tertiary alicyclic amines) is 1. The van der Waals surface area contributed by atoms with Crippen LogP contribution in [0.3, 0.4) is 0 Å². The number of hydrogen-bond acceptors (Lipinski definition) is 5. The summed E-state index contributed by atoms with van der Waals surface area (Å²) in [7, 11) is -3.61. The van der Waals surface area contributed by atoms with E-state index in [0.29, 0.717) is 24.3 Å². The van der Waals surface area contributed by atoms with Crippen LogP contribution in [0, 0.1) is 0 Å². The number of thioether (sulfide) groups is 1. The lowest BCUT2D eigenvalue weighted by molar-refractivity contribution is 0.0761. The summed E-state index contributed by atoms with van der Waals surface area (Å²) in [5.41, 5.74) is 1.30. The SMILES string of the molecule is O=C(Nc1ccc(C(=O)N2CCCCCC2)cc1)c1cc(S(=O)(=O)N2CCSCC2)c[nH]1. The third kappa shape index (κ3) is 5.19. The van der Waals surface area contributed by atoms with Crippen molar-refractivity contribution in [2.75, 3.05) is 43.0 Å². The maximum Gasteiger partial charge on any atom is 0.272 e. The number of H-pyrrole nitrogens is 1. The largest absolute Gasteiger partial charge is 0.356 e. The van der Waals surface area contributed by atoms with Gasteiger partial charge < -0.3 is 15.2 Å². The van der Waals surface area contributed by atoms with Crippen molar-refractivity contribution in [2.45, 2.75) is 30.6 Å². The van der Waals surface area contributed by atoms with Crippen LogP contribution in [0.4, 0.5) is 5.69 Å². The zero-order chi connectivity index (χ0) is 22.6. The number of hydrogen-bond donors (Lipinski definition) is 2. The van der Waals surface area contributed by atoms with Crippen molar-refractivity contribution in [2.24, 2.45) is 0 Å². The Bertz CT molecular complexity index is 1050. The van der Waals surface area contributed by atoms with Gasteiger partial charge in [-0.05, 0) is 43.2 Å². The van der Waals surface area contributed by atoms with E-state index in [-0.39, 0.29) is 16.5 Å². The quantitative estimate of drug-likeness (QED) is 0.691. The summed E-state index contributed by atoms with van der Waals surface area (Å²) in [6, 6.07) is 8.16. The van der Waals surface area contributed by atoms with Gasteiger partial charge in [0, 0.05) is 55.1 Å². The first-order chi connectivity index (χ1) is 15.4. The lowest BCUT2D eigenvalue weighted by Crippen LogP contribution is -2.37. The normalized spacial score (nSPS) is 18.2. The Morgan fingerprint density at radius 2 is 1.59 bits per heavy atom. The molecule has 3 heterocycles. The van der Waals surface area contributed by atoms with E-state index in [1.54, 1.807) is 36.0 Å². The molecule has 172 valence electrons. The predicted octanol–water partition coefficient (Wildman–Crippen LogP) is 3.02. The van der Waals surface area contributed by atoms with Crippen molar-refractivity contribution in [3.05, 3.63) is 47.8 Å². The second-order valence-electron chi connectivity index (χ2n) is 8.00. The zero-order valence-corrected chi connectivity index (χ0v) is 19.5. The summed E-state index contributed by atoms with van der Waals surface area (Å²) in [4.78, 5) is 30.1. The summed E-state index contributed by atoms with van der Waals surface area (Å²) in [6.07, 6.45) is 5.74. The number of sulfonamides is 1. The van der Waals surface area contributed by atoms with Gasteiger partial charge >= 0.3 is 0 Å². The fourth-order valence-corrected chi connectivity index (χ4v) is 6.51. The summed E-state index contributed by atoms with van der Waals surface area (Å²) >= 11 is 1.73. The molecule has 2 fully saturated rings. The van der Waals surface area contributed by atoms with E-state index in [1.807, 2.05) is 4.90 Å². The van der Waals surface area contributed by atoms with Crippen molar-refractivity contribution in [3.8, 4) is 0 Å². The molecular formula is C22H28N4O4S2.